The van der Waals surface area contributed by atoms with Gasteiger partial charge < -0.3 is 0 Å². The number of sulfone groups is 1. The van der Waals surface area contributed by atoms with Crippen LogP contribution in [0.15, 0.2) is 40.3 Å². The number of allylic oxidation sites excluding steroid dienone is 4. The van der Waals surface area contributed by atoms with E-state index in [2.05, 4.69) is 26.8 Å². The molecular formula is C18H22O2S. The minimum Gasteiger partial charge on any atom is -0.224 e. The van der Waals surface area contributed by atoms with Crippen molar-refractivity contribution in [3.63, 3.8) is 0 Å². The van der Waals surface area contributed by atoms with Crippen LogP contribution in [0, 0.1) is 5.41 Å². The first-order valence-corrected chi connectivity index (χ1v) is 9.18. The summed E-state index contributed by atoms with van der Waals surface area (Å²) in [5.41, 5.74) is 6.68. The Morgan fingerprint density at radius 3 is 2.62 bits per heavy atom. The summed E-state index contributed by atoms with van der Waals surface area (Å²) in [6, 6.07) is 5.62. The third kappa shape index (κ3) is 2.18. The molecule has 1 aromatic carbocycles. The summed E-state index contributed by atoms with van der Waals surface area (Å²) in [7, 11) is -3.14. The number of benzene rings is 1. The maximum Gasteiger partial charge on any atom is 0.178 e. The summed E-state index contributed by atoms with van der Waals surface area (Å²) in [5.74, 6) is 0.152. The molecule has 3 heteroatoms. The fourth-order valence-electron chi connectivity index (χ4n) is 3.26. The van der Waals surface area contributed by atoms with Gasteiger partial charge in [-0.05, 0) is 59.6 Å². The predicted octanol–water partition coefficient (Wildman–Crippen LogP) is 4.17. The molecule has 2 nitrogen and oxygen atoms in total. The van der Waals surface area contributed by atoms with E-state index in [1.165, 1.54) is 22.3 Å². The smallest absolute Gasteiger partial charge is 0.178 e. The number of hydrogen-bond acceptors (Lipinski definition) is 2. The highest BCUT2D eigenvalue weighted by atomic mass is 32.2. The van der Waals surface area contributed by atoms with Gasteiger partial charge in [-0.2, -0.15) is 0 Å². The highest BCUT2D eigenvalue weighted by molar-refractivity contribution is 7.91. The van der Waals surface area contributed by atoms with Crippen molar-refractivity contribution in [1.29, 1.82) is 0 Å². The van der Waals surface area contributed by atoms with Crippen LogP contribution in [0.25, 0.3) is 5.57 Å². The van der Waals surface area contributed by atoms with Crippen molar-refractivity contribution in [3.8, 4) is 0 Å². The summed E-state index contributed by atoms with van der Waals surface area (Å²) < 4.78 is 24.2. The third-order valence-electron chi connectivity index (χ3n) is 5.09. The van der Waals surface area contributed by atoms with Crippen LogP contribution in [-0.4, -0.2) is 14.2 Å². The SMILES string of the molecule is CCS(=O)(=O)c1ccc2c(c1)C1=CCC(C)(C)C(C)=C1C2. The Morgan fingerprint density at radius 1 is 1.24 bits per heavy atom. The van der Waals surface area contributed by atoms with Gasteiger partial charge in [-0.3, -0.25) is 0 Å². The first-order valence-electron chi connectivity index (χ1n) is 7.53. The molecule has 3 rings (SSSR count). The third-order valence-corrected chi connectivity index (χ3v) is 6.82. The second-order valence-electron chi connectivity index (χ2n) is 6.71. The Labute approximate surface area is 127 Å². The van der Waals surface area contributed by atoms with Crippen LogP contribution in [-0.2, 0) is 16.3 Å². The first-order chi connectivity index (χ1) is 9.76. The van der Waals surface area contributed by atoms with E-state index in [4.69, 9.17) is 0 Å². The summed E-state index contributed by atoms with van der Waals surface area (Å²) in [4.78, 5) is 0.452. The van der Waals surface area contributed by atoms with Crippen molar-refractivity contribution in [3.05, 3.63) is 46.5 Å². The number of hydrogen-bond donors (Lipinski definition) is 0. The molecule has 0 bridgehead atoms. The fourth-order valence-corrected chi connectivity index (χ4v) is 4.16. The molecule has 0 spiro atoms. The maximum absolute atomic E-state index is 12.1. The summed E-state index contributed by atoms with van der Waals surface area (Å²) >= 11 is 0. The first kappa shape index (κ1) is 14.6. The van der Waals surface area contributed by atoms with Gasteiger partial charge in [0.05, 0.1) is 10.6 Å². The molecule has 0 unspecified atom stereocenters. The lowest BCUT2D eigenvalue weighted by atomic mass is 9.74. The Hall–Kier alpha value is -1.35. The molecule has 2 aliphatic carbocycles. The van der Waals surface area contributed by atoms with Crippen molar-refractivity contribution in [2.45, 2.75) is 45.4 Å². The Bertz CT molecular complexity index is 777. The van der Waals surface area contributed by atoms with Crippen LogP contribution in [0.4, 0.5) is 0 Å². The van der Waals surface area contributed by atoms with Crippen LogP contribution in [0.5, 0.6) is 0 Å². The minimum atomic E-state index is -3.14. The van der Waals surface area contributed by atoms with Crippen molar-refractivity contribution in [2.75, 3.05) is 5.75 Å². The fraction of sp³-hybridized carbons (Fsp3) is 0.444. The van der Waals surface area contributed by atoms with Crippen LogP contribution < -0.4 is 0 Å². The molecule has 0 atom stereocenters. The van der Waals surface area contributed by atoms with Gasteiger partial charge in [0.15, 0.2) is 9.84 Å². The Morgan fingerprint density at radius 2 is 1.95 bits per heavy atom. The topological polar surface area (TPSA) is 34.1 Å². The van der Waals surface area contributed by atoms with E-state index in [0.717, 1.165) is 18.4 Å². The summed E-state index contributed by atoms with van der Waals surface area (Å²) in [6.45, 7) is 8.47. The van der Waals surface area contributed by atoms with E-state index >= 15 is 0 Å². The highest BCUT2D eigenvalue weighted by Gasteiger charge is 2.33. The minimum absolute atomic E-state index is 0.152. The Balaban J connectivity index is 2.15. The monoisotopic (exact) mass is 302 g/mol. The number of fused-ring (bicyclic) bond motifs is 3. The summed E-state index contributed by atoms with van der Waals surface area (Å²) in [5, 5.41) is 0. The van der Waals surface area contributed by atoms with Gasteiger partial charge >= 0.3 is 0 Å². The van der Waals surface area contributed by atoms with Gasteiger partial charge in [0.25, 0.3) is 0 Å². The normalized spacial score (nSPS) is 20.1. The largest absolute Gasteiger partial charge is 0.224 e. The second-order valence-corrected chi connectivity index (χ2v) is 8.99. The summed E-state index contributed by atoms with van der Waals surface area (Å²) in [6.07, 6.45) is 4.24. The molecule has 0 fully saturated rings. The molecular weight excluding hydrogens is 280 g/mol. The predicted molar refractivity (Wildman–Crippen MR) is 86.9 cm³/mol. The van der Waals surface area contributed by atoms with Crippen molar-refractivity contribution < 1.29 is 8.42 Å². The average Bonchev–Trinajstić information content (AvgIpc) is 2.81. The molecule has 21 heavy (non-hydrogen) atoms. The lowest BCUT2D eigenvalue weighted by Crippen LogP contribution is -2.17. The molecule has 0 aromatic heterocycles. The standard InChI is InChI=1S/C18H22O2S/c1-5-21(19,20)14-7-6-13-10-16-12(2)18(3,4)9-8-15(16)17(13)11-14/h6-8,11H,5,9-10H2,1-4H3. The zero-order chi connectivity index (χ0) is 15.4. The number of rotatable bonds is 2. The van der Waals surface area contributed by atoms with E-state index in [1.54, 1.807) is 13.0 Å². The Kier molecular flexibility index (Phi) is 3.17. The van der Waals surface area contributed by atoms with Gasteiger partial charge in [0, 0.05) is 0 Å². The van der Waals surface area contributed by atoms with Crippen LogP contribution >= 0.6 is 0 Å². The molecule has 0 amide bonds. The lowest BCUT2D eigenvalue weighted by molar-refractivity contribution is 0.445. The average molecular weight is 302 g/mol. The van der Waals surface area contributed by atoms with E-state index < -0.39 is 9.84 Å². The van der Waals surface area contributed by atoms with Gasteiger partial charge in [0.1, 0.15) is 0 Å². The maximum atomic E-state index is 12.1. The molecule has 112 valence electrons. The van der Waals surface area contributed by atoms with E-state index in [-0.39, 0.29) is 11.2 Å². The molecule has 0 aliphatic heterocycles. The second kappa shape index (κ2) is 4.57. The molecule has 0 heterocycles. The van der Waals surface area contributed by atoms with Crippen molar-refractivity contribution >= 4 is 15.4 Å². The van der Waals surface area contributed by atoms with E-state index in [0.29, 0.717) is 4.90 Å². The zero-order valence-corrected chi connectivity index (χ0v) is 14.0. The van der Waals surface area contributed by atoms with Gasteiger partial charge in [-0.15, -0.1) is 0 Å². The molecule has 0 N–H and O–H groups in total. The molecule has 0 saturated carbocycles. The molecule has 2 aliphatic rings. The van der Waals surface area contributed by atoms with Crippen LogP contribution in [0.3, 0.4) is 0 Å². The molecule has 1 aromatic rings. The van der Waals surface area contributed by atoms with Gasteiger partial charge in [-0.25, -0.2) is 8.42 Å². The van der Waals surface area contributed by atoms with Crippen LogP contribution in [0.1, 0.15) is 45.2 Å². The van der Waals surface area contributed by atoms with Gasteiger partial charge in [-0.1, -0.05) is 38.5 Å². The molecule has 0 radical (unpaired) electrons. The van der Waals surface area contributed by atoms with Crippen LogP contribution in [0.2, 0.25) is 0 Å². The van der Waals surface area contributed by atoms with Gasteiger partial charge in [0.2, 0.25) is 0 Å². The zero-order valence-electron chi connectivity index (χ0n) is 13.2. The molecule has 0 saturated heterocycles. The van der Waals surface area contributed by atoms with Crippen molar-refractivity contribution in [1.82, 2.24) is 0 Å². The van der Waals surface area contributed by atoms with E-state index in [9.17, 15) is 8.42 Å². The quantitative estimate of drug-likeness (QED) is 0.822. The van der Waals surface area contributed by atoms with E-state index in [1.807, 2.05) is 12.1 Å². The van der Waals surface area contributed by atoms with Crippen molar-refractivity contribution in [2.24, 2.45) is 5.41 Å². The lowest BCUT2D eigenvalue weighted by Gasteiger charge is -2.31. The highest BCUT2D eigenvalue weighted by Crippen LogP contribution is 2.48.